The molecular formula is C20H24N2O2. The molecule has 1 fully saturated rings. The lowest BCUT2D eigenvalue weighted by atomic mass is 9.95. The Morgan fingerprint density at radius 2 is 1.58 bits per heavy atom. The number of benzene rings is 2. The van der Waals surface area contributed by atoms with Crippen molar-refractivity contribution in [3.63, 3.8) is 0 Å². The van der Waals surface area contributed by atoms with E-state index >= 15 is 0 Å². The first-order valence-corrected chi connectivity index (χ1v) is 8.45. The minimum absolute atomic E-state index is 0.121. The zero-order valence-corrected chi connectivity index (χ0v) is 14.0. The Balaban J connectivity index is 1.84. The molecule has 4 nitrogen and oxygen atoms in total. The predicted molar refractivity (Wildman–Crippen MR) is 95.0 cm³/mol. The molecule has 1 aliphatic heterocycles. The normalized spacial score (nSPS) is 19.5. The molecule has 1 atom stereocenters. The third kappa shape index (κ3) is 3.83. The summed E-state index contributed by atoms with van der Waals surface area (Å²) in [5.41, 5.74) is 2.56. The second kappa shape index (κ2) is 7.60. The summed E-state index contributed by atoms with van der Waals surface area (Å²) in [6.45, 7) is 4.75. The van der Waals surface area contributed by atoms with Gasteiger partial charge in [-0.15, -0.1) is 0 Å². The Bertz CT molecular complexity index is 620. The van der Waals surface area contributed by atoms with Crippen molar-refractivity contribution >= 4 is 5.97 Å². The number of piperazine rings is 1. The molecule has 3 rings (SSSR count). The standard InChI is InChI=1S/C20H24N2O2/c1-16-14-22(13-12-21(16)15-19(23)24)20(17-8-4-2-5-9-17)18-10-6-3-7-11-18/h2-11,16,20H,12-15H2,1H3,(H,23,24). The smallest absolute Gasteiger partial charge is 0.317 e. The van der Waals surface area contributed by atoms with E-state index in [-0.39, 0.29) is 18.6 Å². The zero-order chi connectivity index (χ0) is 16.9. The van der Waals surface area contributed by atoms with E-state index in [1.165, 1.54) is 11.1 Å². The van der Waals surface area contributed by atoms with Crippen LogP contribution < -0.4 is 0 Å². The van der Waals surface area contributed by atoms with E-state index in [0.29, 0.717) is 0 Å². The molecule has 1 aliphatic rings. The van der Waals surface area contributed by atoms with Gasteiger partial charge in [-0.05, 0) is 18.1 Å². The number of hydrogen-bond acceptors (Lipinski definition) is 3. The number of hydrogen-bond donors (Lipinski definition) is 1. The van der Waals surface area contributed by atoms with Crippen LogP contribution in [0.1, 0.15) is 24.1 Å². The average Bonchev–Trinajstić information content (AvgIpc) is 2.59. The van der Waals surface area contributed by atoms with Crippen molar-refractivity contribution in [1.82, 2.24) is 9.80 Å². The van der Waals surface area contributed by atoms with Crippen LogP contribution in [0.3, 0.4) is 0 Å². The second-order valence-electron chi connectivity index (χ2n) is 6.43. The Morgan fingerprint density at radius 1 is 1.04 bits per heavy atom. The third-order valence-electron chi connectivity index (χ3n) is 4.73. The van der Waals surface area contributed by atoms with Crippen LogP contribution in [0.2, 0.25) is 0 Å². The van der Waals surface area contributed by atoms with Crippen molar-refractivity contribution in [1.29, 1.82) is 0 Å². The molecule has 1 unspecified atom stereocenters. The van der Waals surface area contributed by atoms with E-state index in [0.717, 1.165) is 19.6 Å². The summed E-state index contributed by atoms with van der Waals surface area (Å²) in [4.78, 5) is 15.5. The fraction of sp³-hybridized carbons (Fsp3) is 0.350. The molecule has 1 N–H and O–H groups in total. The lowest BCUT2D eigenvalue weighted by Gasteiger charge is -2.43. The summed E-state index contributed by atoms with van der Waals surface area (Å²) in [7, 11) is 0. The molecule has 0 aromatic heterocycles. The summed E-state index contributed by atoms with van der Waals surface area (Å²) in [5.74, 6) is -0.752. The molecule has 126 valence electrons. The van der Waals surface area contributed by atoms with Crippen LogP contribution in [0.15, 0.2) is 60.7 Å². The molecule has 1 heterocycles. The molecule has 1 saturated heterocycles. The minimum atomic E-state index is -0.752. The average molecular weight is 324 g/mol. The highest BCUT2D eigenvalue weighted by molar-refractivity contribution is 5.69. The quantitative estimate of drug-likeness (QED) is 0.918. The molecule has 24 heavy (non-hydrogen) atoms. The van der Waals surface area contributed by atoms with Crippen molar-refractivity contribution in [2.75, 3.05) is 26.2 Å². The number of carboxylic acids is 1. The monoisotopic (exact) mass is 324 g/mol. The SMILES string of the molecule is CC1CN(C(c2ccccc2)c2ccccc2)CCN1CC(=O)O. The minimum Gasteiger partial charge on any atom is -0.480 e. The largest absolute Gasteiger partial charge is 0.480 e. The Hall–Kier alpha value is -2.17. The summed E-state index contributed by atoms with van der Waals surface area (Å²) < 4.78 is 0. The molecule has 2 aromatic carbocycles. The van der Waals surface area contributed by atoms with Crippen LogP contribution in [-0.4, -0.2) is 53.1 Å². The van der Waals surface area contributed by atoms with E-state index in [1.54, 1.807) is 0 Å². The number of rotatable bonds is 5. The summed E-state index contributed by atoms with van der Waals surface area (Å²) in [6, 6.07) is 21.5. The van der Waals surface area contributed by atoms with E-state index in [1.807, 2.05) is 17.0 Å². The number of carboxylic acid groups (broad SMARTS) is 1. The van der Waals surface area contributed by atoms with E-state index in [2.05, 4.69) is 60.4 Å². The van der Waals surface area contributed by atoms with Gasteiger partial charge in [0, 0.05) is 25.7 Å². The Morgan fingerprint density at radius 3 is 2.04 bits per heavy atom. The second-order valence-corrected chi connectivity index (χ2v) is 6.43. The molecular weight excluding hydrogens is 300 g/mol. The van der Waals surface area contributed by atoms with Crippen LogP contribution >= 0.6 is 0 Å². The van der Waals surface area contributed by atoms with Crippen molar-refractivity contribution < 1.29 is 9.90 Å². The van der Waals surface area contributed by atoms with Gasteiger partial charge in [0.15, 0.2) is 0 Å². The van der Waals surface area contributed by atoms with E-state index in [9.17, 15) is 4.79 Å². The highest BCUT2D eigenvalue weighted by atomic mass is 16.4. The van der Waals surface area contributed by atoms with Gasteiger partial charge in [-0.25, -0.2) is 0 Å². The van der Waals surface area contributed by atoms with Crippen molar-refractivity contribution in [2.45, 2.75) is 19.0 Å². The van der Waals surface area contributed by atoms with Crippen LogP contribution in [0.25, 0.3) is 0 Å². The highest BCUT2D eigenvalue weighted by Gasteiger charge is 2.30. The van der Waals surface area contributed by atoms with Gasteiger partial charge in [0.25, 0.3) is 0 Å². The molecule has 0 bridgehead atoms. The molecule has 0 saturated carbocycles. The predicted octanol–water partition coefficient (Wildman–Crippen LogP) is 2.87. The van der Waals surface area contributed by atoms with Gasteiger partial charge in [-0.3, -0.25) is 14.6 Å². The van der Waals surface area contributed by atoms with Crippen LogP contribution in [0.4, 0.5) is 0 Å². The van der Waals surface area contributed by atoms with Gasteiger partial charge >= 0.3 is 5.97 Å². The van der Waals surface area contributed by atoms with Crippen LogP contribution in [0, 0.1) is 0 Å². The third-order valence-corrected chi connectivity index (χ3v) is 4.73. The topological polar surface area (TPSA) is 43.8 Å². The van der Waals surface area contributed by atoms with Crippen molar-refractivity contribution in [3.05, 3.63) is 71.8 Å². The van der Waals surface area contributed by atoms with Gasteiger partial charge in [-0.1, -0.05) is 60.7 Å². The lowest BCUT2D eigenvalue weighted by molar-refractivity contribution is -0.139. The lowest BCUT2D eigenvalue weighted by Crippen LogP contribution is -2.54. The maximum atomic E-state index is 11.0. The molecule has 2 aromatic rings. The molecule has 4 heteroatoms. The van der Waals surface area contributed by atoms with Crippen LogP contribution in [-0.2, 0) is 4.79 Å². The highest BCUT2D eigenvalue weighted by Crippen LogP contribution is 2.30. The molecule has 0 radical (unpaired) electrons. The van der Waals surface area contributed by atoms with Crippen LogP contribution in [0.5, 0.6) is 0 Å². The first-order valence-electron chi connectivity index (χ1n) is 8.45. The summed E-state index contributed by atoms with van der Waals surface area (Å²) in [5, 5.41) is 9.06. The first-order chi connectivity index (χ1) is 11.6. The van der Waals surface area contributed by atoms with Gasteiger partial charge in [0.2, 0.25) is 0 Å². The number of nitrogens with zero attached hydrogens (tertiary/aromatic N) is 2. The first kappa shape index (κ1) is 16.7. The zero-order valence-electron chi connectivity index (χ0n) is 14.0. The van der Waals surface area contributed by atoms with Crippen molar-refractivity contribution in [3.8, 4) is 0 Å². The van der Waals surface area contributed by atoms with Crippen molar-refractivity contribution in [2.24, 2.45) is 0 Å². The fourth-order valence-electron chi connectivity index (χ4n) is 3.55. The maximum absolute atomic E-state index is 11.0. The van der Waals surface area contributed by atoms with Gasteiger partial charge < -0.3 is 5.11 Å². The molecule has 0 spiro atoms. The Kier molecular flexibility index (Phi) is 5.28. The van der Waals surface area contributed by atoms with E-state index < -0.39 is 5.97 Å². The molecule has 0 aliphatic carbocycles. The Labute approximate surface area is 143 Å². The van der Waals surface area contributed by atoms with E-state index in [4.69, 9.17) is 5.11 Å². The maximum Gasteiger partial charge on any atom is 0.317 e. The molecule has 0 amide bonds. The van der Waals surface area contributed by atoms with Gasteiger partial charge in [0.1, 0.15) is 0 Å². The van der Waals surface area contributed by atoms with Gasteiger partial charge in [-0.2, -0.15) is 0 Å². The number of aliphatic carboxylic acids is 1. The summed E-state index contributed by atoms with van der Waals surface area (Å²) in [6.07, 6.45) is 0. The summed E-state index contributed by atoms with van der Waals surface area (Å²) >= 11 is 0. The number of carbonyl (C=O) groups is 1. The van der Waals surface area contributed by atoms with Gasteiger partial charge in [0.05, 0.1) is 12.6 Å². The fourth-order valence-corrected chi connectivity index (χ4v) is 3.55.